The molecule has 0 amide bonds. The van der Waals surface area contributed by atoms with E-state index in [4.69, 9.17) is 6.42 Å². The Bertz CT molecular complexity index is 586. The molecule has 0 spiro atoms. The number of nitro groups is 1. The van der Waals surface area contributed by atoms with Gasteiger partial charge < -0.3 is 0 Å². The number of non-ortho nitro benzene ring substituents is 1. The minimum Gasteiger partial charge on any atom is -0.258 e. The Kier molecular flexibility index (Phi) is 3.08. The number of terminal acetylenes is 1. The van der Waals surface area contributed by atoms with Gasteiger partial charge in [-0.2, -0.15) is 0 Å². The van der Waals surface area contributed by atoms with Crippen LogP contribution in [0.1, 0.15) is 0 Å². The molecule has 0 radical (unpaired) electrons. The molecule has 0 aliphatic rings. The molecule has 0 bridgehead atoms. The van der Waals surface area contributed by atoms with Crippen LogP contribution in [0.4, 0.5) is 5.69 Å². The second kappa shape index (κ2) is 4.51. The lowest BCUT2D eigenvalue weighted by atomic mass is 10.3. The first-order valence-electron chi connectivity index (χ1n) is 4.32. The van der Waals surface area contributed by atoms with Crippen molar-refractivity contribution in [2.45, 2.75) is 4.34 Å². The van der Waals surface area contributed by atoms with E-state index in [9.17, 15) is 10.1 Å². The number of nitrogens with zero attached hydrogens (tertiary/aromatic N) is 2. The Morgan fingerprint density at radius 3 is 3.12 bits per heavy atom. The zero-order valence-corrected chi connectivity index (χ0v) is 9.68. The van der Waals surface area contributed by atoms with Crippen LogP contribution >= 0.6 is 23.1 Å². The van der Waals surface area contributed by atoms with Crippen LogP contribution < -0.4 is 0 Å². The number of fused-ring (bicyclic) bond motifs is 1. The monoisotopic (exact) mass is 250 g/mol. The number of thioether (sulfide) groups is 1. The van der Waals surface area contributed by atoms with E-state index in [0.29, 0.717) is 5.75 Å². The third-order valence-electron chi connectivity index (χ3n) is 1.84. The van der Waals surface area contributed by atoms with Crippen LogP contribution in [-0.2, 0) is 0 Å². The van der Waals surface area contributed by atoms with Crippen molar-refractivity contribution >= 4 is 39.0 Å². The van der Waals surface area contributed by atoms with E-state index < -0.39 is 4.92 Å². The van der Waals surface area contributed by atoms with Gasteiger partial charge in [0.05, 0.1) is 20.9 Å². The van der Waals surface area contributed by atoms with E-state index in [0.717, 1.165) is 14.6 Å². The fraction of sp³-hybridized carbons (Fsp3) is 0.100. The van der Waals surface area contributed by atoms with Crippen molar-refractivity contribution in [3.05, 3.63) is 28.3 Å². The first-order valence-corrected chi connectivity index (χ1v) is 6.12. The van der Waals surface area contributed by atoms with E-state index in [-0.39, 0.29) is 5.69 Å². The van der Waals surface area contributed by atoms with E-state index in [1.54, 1.807) is 6.07 Å². The predicted molar refractivity (Wildman–Crippen MR) is 65.8 cm³/mol. The maximum absolute atomic E-state index is 10.6. The number of benzene rings is 1. The molecular formula is C10H6N2O2S2. The fourth-order valence-electron chi connectivity index (χ4n) is 1.17. The third-order valence-corrected chi connectivity index (χ3v) is 3.91. The van der Waals surface area contributed by atoms with Gasteiger partial charge in [0.15, 0.2) is 4.34 Å². The Labute approximate surface area is 99.8 Å². The molecule has 0 atom stereocenters. The zero-order chi connectivity index (χ0) is 11.5. The van der Waals surface area contributed by atoms with Crippen molar-refractivity contribution in [1.82, 2.24) is 4.98 Å². The van der Waals surface area contributed by atoms with E-state index in [2.05, 4.69) is 10.9 Å². The number of hydrogen-bond acceptors (Lipinski definition) is 5. The summed E-state index contributed by atoms with van der Waals surface area (Å²) in [7, 11) is 0. The highest BCUT2D eigenvalue weighted by Crippen LogP contribution is 2.31. The number of thiazole rings is 1. The van der Waals surface area contributed by atoms with Crippen molar-refractivity contribution < 1.29 is 4.92 Å². The molecule has 0 fully saturated rings. The minimum absolute atomic E-state index is 0.0876. The third kappa shape index (κ3) is 2.15. The summed E-state index contributed by atoms with van der Waals surface area (Å²) in [4.78, 5) is 14.5. The van der Waals surface area contributed by atoms with Gasteiger partial charge in [-0.15, -0.1) is 17.8 Å². The second-order valence-electron chi connectivity index (χ2n) is 2.88. The van der Waals surface area contributed by atoms with Gasteiger partial charge in [-0.05, 0) is 6.07 Å². The van der Waals surface area contributed by atoms with Crippen molar-refractivity contribution in [2.75, 3.05) is 5.75 Å². The van der Waals surface area contributed by atoms with Crippen LogP contribution in [0.15, 0.2) is 22.5 Å². The molecule has 0 unspecified atom stereocenters. The highest BCUT2D eigenvalue weighted by molar-refractivity contribution is 8.01. The highest BCUT2D eigenvalue weighted by Gasteiger charge is 2.09. The smallest absolute Gasteiger partial charge is 0.258 e. The Morgan fingerprint density at radius 2 is 2.44 bits per heavy atom. The lowest BCUT2D eigenvalue weighted by molar-refractivity contribution is -0.384. The van der Waals surface area contributed by atoms with Crippen molar-refractivity contribution in [1.29, 1.82) is 0 Å². The lowest BCUT2D eigenvalue weighted by Gasteiger charge is -1.88. The fourth-order valence-corrected chi connectivity index (χ4v) is 2.95. The summed E-state index contributed by atoms with van der Waals surface area (Å²) in [5.41, 5.74) is 0.861. The zero-order valence-electron chi connectivity index (χ0n) is 8.04. The molecule has 1 aromatic carbocycles. The number of aromatic nitrogens is 1. The molecule has 0 saturated carbocycles. The maximum atomic E-state index is 10.6. The van der Waals surface area contributed by atoms with Gasteiger partial charge in [-0.25, -0.2) is 4.98 Å². The molecule has 2 rings (SSSR count). The normalized spacial score (nSPS) is 10.2. The summed E-state index contributed by atoms with van der Waals surface area (Å²) in [6.07, 6.45) is 5.15. The SMILES string of the molecule is C#CCSc1nc2ccc([N+](=O)[O-])cc2s1. The standard InChI is InChI=1S/C10H6N2O2S2/c1-2-5-15-10-11-8-4-3-7(12(13)14)6-9(8)16-10/h1,3-4,6H,5H2. The van der Waals surface area contributed by atoms with Crippen LogP contribution in [-0.4, -0.2) is 15.7 Å². The molecule has 80 valence electrons. The van der Waals surface area contributed by atoms with Crippen LogP contribution in [0.3, 0.4) is 0 Å². The number of nitro benzene ring substituents is 1. The predicted octanol–water partition coefficient (Wildman–Crippen LogP) is 2.93. The van der Waals surface area contributed by atoms with Crippen molar-refractivity contribution in [2.24, 2.45) is 0 Å². The van der Waals surface area contributed by atoms with Crippen LogP contribution in [0, 0.1) is 22.5 Å². The van der Waals surface area contributed by atoms with Gasteiger partial charge in [-0.1, -0.05) is 17.7 Å². The quantitative estimate of drug-likeness (QED) is 0.364. The van der Waals surface area contributed by atoms with Gasteiger partial charge in [0.25, 0.3) is 5.69 Å². The summed E-state index contributed by atoms with van der Waals surface area (Å²) < 4.78 is 1.65. The maximum Gasteiger partial charge on any atom is 0.270 e. The molecule has 0 saturated heterocycles. The number of rotatable bonds is 3. The van der Waals surface area contributed by atoms with E-state index in [1.165, 1.54) is 35.2 Å². The van der Waals surface area contributed by atoms with E-state index in [1.807, 2.05) is 0 Å². The average Bonchev–Trinajstić information content (AvgIpc) is 2.67. The summed E-state index contributed by atoms with van der Waals surface area (Å²) >= 11 is 2.88. The average molecular weight is 250 g/mol. The Morgan fingerprint density at radius 1 is 1.62 bits per heavy atom. The molecule has 16 heavy (non-hydrogen) atoms. The molecule has 1 heterocycles. The molecule has 4 nitrogen and oxygen atoms in total. The molecule has 0 N–H and O–H groups in total. The molecule has 0 aliphatic heterocycles. The molecule has 2 aromatic rings. The summed E-state index contributed by atoms with van der Waals surface area (Å²) in [6, 6.07) is 4.65. The topological polar surface area (TPSA) is 56.0 Å². The van der Waals surface area contributed by atoms with Crippen LogP contribution in [0.2, 0.25) is 0 Å². The Hall–Kier alpha value is -1.58. The summed E-state index contributed by atoms with van der Waals surface area (Å²) in [6.45, 7) is 0. The minimum atomic E-state index is -0.409. The first kappa shape index (κ1) is 10.9. The van der Waals surface area contributed by atoms with Crippen molar-refractivity contribution in [3.63, 3.8) is 0 Å². The van der Waals surface area contributed by atoms with Gasteiger partial charge in [0.1, 0.15) is 0 Å². The summed E-state index contributed by atoms with van der Waals surface area (Å²) in [5, 5.41) is 10.6. The van der Waals surface area contributed by atoms with Gasteiger partial charge in [0, 0.05) is 12.1 Å². The Balaban J connectivity index is 2.39. The summed E-state index contributed by atoms with van der Waals surface area (Å²) in [5.74, 6) is 3.07. The van der Waals surface area contributed by atoms with Gasteiger partial charge in [-0.3, -0.25) is 10.1 Å². The van der Waals surface area contributed by atoms with Gasteiger partial charge >= 0.3 is 0 Å². The first-order chi connectivity index (χ1) is 7.70. The molecule has 6 heteroatoms. The second-order valence-corrected chi connectivity index (χ2v) is 5.13. The van der Waals surface area contributed by atoms with E-state index >= 15 is 0 Å². The highest BCUT2D eigenvalue weighted by atomic mass is 32.2. The van der Waals surface area contributed by atoms with Gasteiger partial charge in [0.2, 0.25) is 0 Å². The van der Waals surface area contributed by atoms with Crippen molar-refractivity contribution in [3.8, 4) is 12.3 Å². The molecule has 1 aromatic heterocycles. The lowest BCUT2D eigenvalue weighted by Crippen LogP contribution is -1.85. The van der Waals surface area contributed by atoms with Crippen LogP contribution in [0.5, 0.6) is 0 Å². The number of hydrogen-bond donors (Lipinski definition) is 0. The molecule has 0 aliphatic carbocycles. The largest absolute Gasteiger partial charge is 0.270 e. The molecular weight excluding hydrogens is 244 g/mol. The van der Waals surface area contributed by atoms with Crippen LogP contribution in [0.25, 0.3) is 10.2 Å².